The predicted molar refractivity (Wildman–Crippen MR) is 88.3 cm³/mol. The lowest BCUT2D eigenvalue weighted by atomic mass is 10.0. The Morgan fingerprint density at radius 3 is 2.46 bits per heavy atom. The van der Waals surface area contributed by atoms with Gasteiger partial charge in [0.25, 0.3) is 11.8 Å². The van der Waals surface area contributed by atoms with Crippen LogP contribution in [0.1, 0.15) is 36.0 Å². The third kappa shape index (κ3) is 3.79. The second-order valence-electron chi connectivity index (χ2n) is 6.00. The second-order valence-corrected chi connectivity index (χ2v) is 6.00. The average Bonchev–Trinajstić information content (AvgIpc) is 2.63. The number of hydrazone groups is 1. The quantitative estimate of drug-likeness (QED) is 0.854. The fourth-order valence-corrected chi connectivity index (χ4v) is 2.90. The summed E-state index contributed by atoms with van der Waals surface area (Å²) in [5, 5.41) is 6.86. The molecule has 7 heteroatoms. The molecule has 0 saturated carbocycles. The van der Waals surface area contributed by atoms with Crippen molar-refractivity contribution in [2.75, 3.05) is 13.1 Å². The number of hydrogen-bond acceptors (Lipinski definition) is 4. The highest BCUT2D eigenvalue weighted by molar-refractivity contribution is 6.39. The van der Waals surface area contributed by atoms with Crippen molar-refractivity contribution in [3.8, 4) is 0 Å². The molecule has 1 aromatic carbocycles. The van der Waals surface area contributed by atoms with Gasteiger partial charge in [0.2, 0.25) is 5.91 Å². The van der Waals surface area contributed by atoms with E-state index in [1.165, 1.54) is 0 Å². The SMILES string of the molecule is O=C1CCC(C(=O)N2CCC(NC(=O)c3ccccc3)CC2)=NN1. The van der Waals surface area contributed by atoms with Crippen LogP contribution in [0.2, 0.25) is 0 Å². The van der Waals surface area contributed by atoms with Crippen LogP contribution in [-0.4, -0.2) is 47.5 Å². The zero-order valence-corrected chi connectivity index (χ0v) is 13.3. The third-order valence-electron chi connectivity index (χ3n) is 4.30. The van der Waals surface area contributed by atoms with Crippen molar-refractivity contribution < 1.29 is 14.4 Å². The average molecular weight is 328 g/mol. The standard InChI is InChI=1S/C17H20N4O3/c22-15-7-6-14(19-20-15)17(24)21-10-8-13(9-11-21)18-16(23)12-4-2-1-3-5-12/h1-5,13H,6-11H2,(H,18,23)(H,20,22). The Morgan fingerprint density at radius 1 is 1.12 bits per heavy atom. The maximum atomic E-state index is 12.4. The lowest BCUT2D eigenvalue weighted by Gasteiger charge is -2.33. The molecule has 0 aromatic heterocycles. The van der Waals surface area contributed by atoms with E-state index < -0.39 is 0 Å². The van der Waals surface area contributed by atoms with Gasteiger partial charge in [0.1, 0.15) is 5.71 Å². The minimum Gasteiger partial charge on any atom is -0.349 e. The van der Waals surface area contributed by atoms with Crippen LogP contribution in [0.25, 0.3) is 0 Å². The van der Waals surface area contributed by atoms with E-state index in [2.05, 4.69) is 15.8 Å². The summed E-state index contributed by atoms with van der Waals surface area (Å²) >= 11 is 0. The molecule has 1 saturated heterocycles. The van der Waals surface area contributed by atoms with Crippen LogP contribution in [0.5, 0.6) is 0 Å². The summed E-state index contributed by atoms with van der Waals surface area (Å²) in [5.41, 5.74) is 3.40. The van der Waals surface area contributed by atoms with Gasteiger partial charge in [-0.05, 0) is 25.0 Å². The summed E-state index contributed by atoms with van der Waals surface area (Å²) in [6.07, 6.45) is 2.11. The molecule has 0 aliphatic carbocycles. The van der Waals surface area contributed by atoms with Crippen LogP contribution < -0.4 is 10.7 Å². The fourth-order valence-electron chi connectivity index (χ4n) is 2.90. The van der Waals surface area contributed by atoms with Crippen molar-refractivity contribution in [1.82, 2.24) is 15.6 Å². The molecule has 1 fully saturated rings. The van der Waals surface area contributed by atoms with E-state index in [-0.39, 0.29) is 23.8 Å². The molecule has 2 N–H and O–H groups in total. The second kappa shape index (κ2) is 7.25. The molecule has 0 atom stereocenters. The number of hydrogen-bond donors (Lipinski definition) is 2. The molecule has 24 heavy (non-hydrogen) atoms. The molecule has 3 amide bonds. The third-order valence-corrected chi connectivity index (χ3v) is 4.30. The van der Waals surface area contributed by atoms with E-state index in [4.69, 9.17) is 0 Å². The number of carbonyl (C=O) groups excluding carboxylic acids is 3. The van der Waals surface area contributed by atoms with Gasteiger partial charge in [0, 0.05) is 37.5 Å². The Hall–Kier alpha value is -2.70. The molecule has 0 radical (unpaired) electrons. The zero-order valence-electron chi connectivity index (χ0n) is 13.3. The van der Waals surface area contributed by atoms with E-state index in [0.29, 0.717) is 50.0 Å². The Morgan fingerprint density at radius 2 is 1.83 bits per heavy atom. The number of likely N-dealkylation sites (tertiary alicyclic amines) is 1. The van der Waals surface area contributed by atoms with Gasteiger partial charge in [-0.1, -0.05) is 18.2 Å². The molecular formula is C17H20N4O3. The Bertz CT molecular complexity index is 664. The summed E-state index contributed by atoms with van der Waals surface area (Å²) in [5.74, 6) is -0.364. The summed E-state index contributed by atoms with van der Waals surface area (Å²) in [6.45, 7) is 1.15. The van der Waals surface area contributed by atoms with E-state index in [1.54, 1.807) is 17.0 Å². The Labute approximate surface area is 140 Å². The first kappa shape index (κ1) is 16.2. The van der Waals surface area contributed by atoms with Gasteiger partial charge in [0.15, 0.2) is 0 Å². The van der Waals surface area contributed by atoms with Crippen LogP contribution in [0.3, 0.4) is 0 Å². The number of nitrogens with zero attached hydrogens (tertiary/aromatic N) is 2. The number of nitrogens with one attached hydrogen (secondary N) is 2. The van der Waals surface area contributed by atoms with Gasteiger partial charge in [-0.2, -0.15) is 5.10 Å². The molecule has 2 aliphatic rings. The van der Waals surface area contributed by atoms with Crippen molar-refractivity contribution in [1.29, 1.82) is 0 Å². The lowest BCUT2D eigenvalue weighted by molar-refractivity contribution is -0.125. The smallest absolute Gasteiger partial charge is 0.270 e. The van der Waals surface area contributed by atoms with Gasteiger partial charge in [-0.3, -0.25) is 14.4 Å². The van der Waals surface area contributed by atoms with Crippen molar-refractivity contribution >= 4 is 23.4 Å². The van der Waals surface area contributed by atoms with E-state index in [9.17, 15) is 14.4 Å². The molecule has 0 spiro atoms. The Balaban J connectivity index is 1.50. The maximum Gasteiger partial charge on any atom is 0.270 e. The van der Waals surface area contributed by atoms with Crippen molar-refractivity contribution in [3.05, 3.63) is 35.9 Å². The molecule has 2 aliphatic heterocycles. The highest BCUT2D eigenvalue weighted by atomic mass is 16.2. The lowest BCUT2D eigenvalue weighted by Crippen LogP contribution is -2.49. The summed E-state index contributed by atoms with van der Waals surface area (Å²) in [7, 11) is 0. The highest BCUT2D eigenvalue weighted by Crippen LogP contribution is 2.13. The normalized spacial score (nSPS) is 18.6. The number of rotatable bonds is 3. The number of carbonyl (C=O) groups is 3. The summed E-state index contributed by atoms with van der Waals surface area (Å²) in [6, 6.07) is 9.17. The van der Waals surface area contributed by atoms with E-state index in [1.807, 2.05) is 18.2 Å². The fraction of sp³-hybridized carbons (Fsp3) is 0.412. The minimum atomic E-state index is -0.158. The maximum absolute atomic E-state index is 12.4. The first-order valence-corrected chi connectivity index (χ1v) is 8.14. The van der Waals surface area contributed by atoms with Crippen LogP contribution in [0, 0.1) is 0 Å². The monoisotopic (exact) mass is 328 g/mol. The van der Waals surface area contributed by atoms with Gasteiger partial charge in [0.05, 0.1) is 0 Å². The minimum absolute atomic E-state index is 0.0646. The van der Waals surface area contributed by atoms with Crippen LogP contribution >= 0.6 is 0 Å². The Kier molecular flexibility index (Phi) is 4.88. The van der Waals surface area contributed by atoms with Crippen molar-refractivity contribution in [2.24, 2.45) is 5.10 Å². The van der Waals surface area contributed by atoms with Gasteiger partial charge < -0.3 is 10.2 Å². The van der Waals surface area contributed by atoms with Gasteiger partial charge in [-0.25, -0.2) is 5.43 Å². The molecule has 126 valence electrons. The highest BCUT2D eigenvalue weighted by Gasteiger charge is 2.28. The van der Waals surface area contributed by atoms with Crippen LogP contribution in [0.15, 0.2) is 35.4 Å². The number of benzene rings is 1. The molecular weight excluding hydrogens is 308 g/mol. The molecule has 3 rings (SSSR count). The summed E-state index contributed by atoms with van der Waals surface area (Å²) < 4.78 is 0. The first-order chi connectivity index (χ1) is 11.6. The zero-order chi connectivity index (χ0) is 16.9. The van der Waals surface area contributed by atoms with Crippen molar-refractivity contribution in [2.45, 2.75) is 31.7 Å². The molecule has 0 bridgehead atoms. The topological polar surface area (TPSA) is 90.9 Å². The predicted octanol–water partition coefficient (Wildman–Crippen LogP) is 0.673. The molecule has 7 nitrogen and oxygen atoms in total. The summed E-state index contributed by atoms with van der Waals surface area (Å²) in [4.78, 5) is 37.3. The van der Waals surface area contributed by atoms with E-state index in [0.717, 1.165) is 0 Å². The van der Waals surface area contributed by atoms with Gasteiger partial charge in [-0.15, -0.1) is 0 Å². The number of amides is 3. The first-order valence-electron chi connectivity index (χ1n) is 8.14. The van der Waals surface area contributed by atoms with Crippen molar-refractivity contribution in [3.63, 3.8) is 0 Å². The largest absolute Gasteiger partial charge is 0.349 e. The molecule has 2 heterocycles. The molecule has 0 unspecified atom stereocenters. The van der Waals surface area contributed by atoms with Crippen LogP contribution in [-0.2, 0) is 9.59 Å². The van der Waals surface area contributed by atoms with Gasteiger partial charge >= 0.3 is 0 Å². The number of piperidine rings is 1. The molecule has 1 aromatic rings. The van der Waals surface area contributed by atoms with E-state index >= 15 is 0 Å². The van der Waals surface area contributed by atoms with Crippen LogP contribution in [0.4, 0.5) is 0 Å².